The highest BCUT2D eigenvalue weighted by Gasteiger charge is 2.36. The highest BCUT2D eigenvalue weighted by Crippen LogP contribution is 2.44. The van der Waals surface area contributed by atoms with E-state index in [1.54, 1.807) is 7.11 Å². The molecule has 0 bridgehead atoms. The third kappa shape index (κ3) is 6.93. The summed E-state index contributed by atoms with van der Waals surface area (Å²) in [7, 11) is 1.78. The van der Waals surface area contributed by atoms with Crippen molar-refractivity contribution in [1.29, 1.82) is 0 Å². The van der Waals surface area contributed by atoms with Gasteiger partial charge in [0.1, 0.15) is 0 Å². The Morgan fingerprint density at radius 3 is 2.75 bits per heavy atom. The molecule has 1 fully saturated rings. The van der Waals surface area contributed by atoms with Crippen LogP contribution in [0.5, 0.6) is 0 Å². The Kier molecular flexibility index (Phi) is 10.2. The maximum Gasteiger partial charge on any atom is 0.191 e. The van der Waals surface area contributed by atoms with Gasteiger partial charge >= 0.3 is 0 Å². The summed E-state index contributed by atoms with van der Waals surface area (Å²) in [6.45, 7) is 5.53. The fourth-order valence-corrected chi connectivity index (χ4v) is 2.93. The van der Waals surface area contributed by atoms with E-state index in [1.807, 2.05) is 18.3 Å². The van der Waals surface area contributed by atoms with Gasteiger partial charge in [0.2, 0.25) is 0 Å². The smallest absolute Gasteiger partial charge is 0.191 e. The van der Waals surface area contributed by atoms with Gasteiger partial charge < -0.3 is 15.4 Å². The van der Waals surface area contributed by atoms with Gasteiger partial charge in [-0.2, -0.15) is 0 Å². The van der Waals surface area contributed by atoms with Crippen molar-refractivity contribution in [2.24, 2.45) is 10.4 Å². The van der Waals surface area contributed by atoms with Gasteiger partial charge in [-0.1, -0.05) is 12.5 Å². The maximum atomic E-state index is 5.25. The number of guanidine groups is 1. The lowest BCUT2D eigenvalue weighted by Crippen LogP contribution is -2.41. The van der Waals surface area contributed by atoms with Crippen molar-refractivity contribution in [1.82, 2.24) is 15.6 Å². The standard InChI is InChI=1S/C18H30N4O.HI/c1-3-19-17(21-13-8-16-7-4-5-12-20-16)22-15-18(9-6-10-18)11-14-23-2;/h4-5,7,12H,3,6,8-11,13-15H2,1-2H3,(H2,19,21,22);1H. The molecule has 0 spiro atoms. The fraction of sp³-hybridized carbons (Fsp3) is 0.667. The molecule has 24 heavy (non-hydrogen) atoms. The summed E-state index contributed by atoms with van der Waals surface area (Å²) >= 11 is 0. The van der Waals surface area contributed by atoms with Crippen LogP contribution >= 0.6 is 24.0 Å². The van der Waals surface area contributed by atoms with Gasteiger partial charge in [0.25, 0.3) is 0 Å². The number of nitrogens with zero attached hydrogens (tertiary/aromatic N) is 2. The summed E-state index contributed by atoms with van der Waals surface area (Å²) in [5, 5.41) is 6.75. The van der Waals surface area contributed by atoms with E-state index in [-0.39, 0.29) is 24.0 Å². The number of aromatic nitrogens is 1. The highest BCUT2D eigenvalue weighted by molar-refractivity contribution is 14.0. The van der Waals surface area contributed by atoms with Crippen LogP contribution in [0.25, 0.3) is 0 Å². The zero-order chi connectivity index (χ0) is 16.4. The molecular formula is C18H31IN4O. The summed E-state index contributed by atoms with van der Waals surface area (Å²) in [6, 6.07) is 6.03. The second-order valence-corrected chi connectivity index (χ2v) is 6.29. The van der Waals surface area contributed by atoms with Crippen LogP contribution in [0.2, 0.25) is 0 Å². The molecular weight excluding hydrogens is 415 g/mol. The molecule has 0 radical (unpaired) electrons. The van der Waals surface area contributed by atoms with E-state index >= 15 is 0 Å². The topological polar surface area (TPSA) is 58.5 Å². The molecule has 1 aromatic rings. The van der Waals surface area contributed by atoms with Crippen molar-refractivity contribution in [3.8, 4) is 0 Å². The molecule has 0 aromatic carbocycles. The minimum atomic E-state index is 0. The molecule has 0 atom stereocenters. The van der Waals surface area contributed by atoms with Crippen molar-refractivity contribution in [3.63, 3.8) is 0 Å². The monoisotopic (exact) mass is 446 g/mol. The molecule has 2 rings (SSSR count). The SMILES string of the molecule is CCNC(=NCC1(CCOC)CCC1)NCCc1ccccn1.I. The van der Waals surface area contributed by atoms with Crippen molar-refractivity contribution < 1.29 is 4.74 Å². The van der Waals surface area contributed by atoms with Gasteiger partial charge in [0.15, 0.2) is 5.96 Å². The number of halogens is 1. The highest BCUT2D eigenvalue weighted by atomic mass is 127. The molecule has 0 saturated heterocycles. The molecule has 1 aliphatic carbocycles. The molecule has 0 unspecified atom stereocenters. The third-order valence-corrected chi connectivity index (χ3v) is 4.57. The van der Waals surface area contributed by atoms with Gasteiger partial charge in [-0.3, -0.25) is 9.98 Å². The van der Waals surface area contributed by atoms with E-state index in [0.717, 1.165) is 50.7 Å². The fourth-order valence-electron chi connectivity index (χ4n) is 2.93. The average molecular weight is 446 g/mol. The quantitative estimate of drug-likeness (QED) is 0.348. The van der Waals surface area contributed by atoms with Crippen LogP contribution in [0.1, 0.15) is 38.3 Å². The molecule has 1 heterocycles. The summed E-state index contributed by atoms with van der Waals surface area (Å²) in [5.41, 5.74) is 1.46. The van der Waals surface area contributed by atoms with Crippen molar-refractivity contribution >= 4 is 29.9 Å². The first-order valence-corrected chi connectivity index (χ1v) is 8.69. The number of aliphatic imine (C=N–C) groups is 1. The van der Waals surface area contributed by atoms with Crippen LogP contribution in [0.3, 0.4) is 0 Å². The lowest BCUT2D eigenvalue weighted by molar-refractivity contribution is 0.0778. The minimum absolute atomic E-state index is 0. The van der Waals surface area contributed by atoms with E-state index in [2.05, 4.69) is 28.6 Å². The Morgan fingerprint density at radius 2 is 2.17 bits per heavy atom. The van der Waals surface area contributed by atoms with Crippen molar-refractivity contribution in [3.05, 3.63) is 30.1 Å². The minimum Gasteiger partial charge on any atom is -0.385 e. The Morgan fingerprint density at radius 1 is 1.33 bits per heavy atom. The van der Waals surface area contributed by atoms with Gasteiger partial charge in [0.05, 0.1) is 0 Å². The first-order valence-electron chi connectivity index (χ1n) is 8.69. The van der Waals surface area contributed by atoms with Crippen LogP contribution in [0.15, 0.2) is 29.4 Å². The molecule has 2 N–H and O–H groups in total. The molecule has 0 aliphatic heterocycles. The Labute approximate surface area is 163 Å². The lowest BCUT2D eigenvalue weighted by Gasteiger charge is -2.40. The Bertz CT molecular complexity index is 477. The summed E-state index contributed by atoms with van der Waals surface area (Å²) in [4.78, 5) is 9.16. The number of ether oxygens (including phenoxy) is 1. The molecule has 5 nitrogen and oxygen atoms in total. The van der Waals surface area contributed by atoms with Gasteiger partial charge in [0, 0.05) is 51.7 Å². The molecule has 136 valence electrons. The maximum absolute atomic E-state index is 5.25. The largest absolute Gasteiger partial charge is 0.385 e. The number of nitrogens with one attached hydrogen (secondary N) is 2. The van der Waals surface area contributed by atoms with Crippen LogP contribution in [0.4, 0.5) is 0 Å². The summed E-state index contributed by atoms with van der Waals surface area (Å²) < 4.78 is 5.25. The van der Waals surface area contributed by atoms with Gasteiger partial charge in [-0.05, 0) is 43.7 Å². The predicted octanol–water partition coefficient (Wildman–Crippen LogP) is 3.00. The van der Waals surface area contributed by atoms with E-state index in [1.165, 1.54) is 19.3 Å². The van der Waals surface area contributed by atoms with Gasteiger partial charge in [-0.25, -0.2) is 0 Å². The molecule has 1 aliphatic rings. The molecule has 6 heteroatoms. The van der Waals surface area contributed by atoms with Gasteiger partial charge in [-0.15, -0.1) is 24.0 Å². The summed E-state index contributed by atoms with van der Waals surface area (Å²) in [6.07, 6.45) is 7.72. The number of rotatable bonds is 9. The average Bonchev–Trinajstić information content (AvgIpc) is 2.54. The second kappa shape index (κ2) is 11.6. The molecule has 0 amide bonds. The number of pyridine rings is 1. The Balaban J connectivity index is 0.00000288. The van der Waals surface area contributed by atoms with E-state index < -0.39 is 0 Å². The van der Waals surface area contributed by atoms with Crippen LogP contribution < -0.4 is 10.6 Å². The molecule has 1 saturated carbocycles. The van der Waals surface area contributed by atoms with Crippen LogP contribution in [0, 0.1) is 5.41 Å². The Hall–Kier alpha value is -0.890. The second-order valence-electron chi connectivity index (χ2n) is 6.29. The number of hydrogen-bond donors (Lipinski definition) is 2. The first kappa shape index (κ1) is 21.2. The van der Waals surface area contributed by atoms with E-state index in [0.29, 0.717) is 5.41 Å². The van der Waals surface area contributed by atoms with Crippen LogP contribution in [-0.4, -0.2) is 44.3 Å². The van der Waals surface area contributed by atoms with Crippen LogP contribution in [-0.2, 0) is 11.2 Å². The number of methoxy groups -OCH3 is 1. The zero-order valence-corrected chi connectivity index (χ0v) is 17.2. The van der Waals surface area contributed by atoms with Crippen molar-refractivity contribution in [2.45, 2.75) is 39.0 Å². The first-order chi connectivity index (χ1) is 11.3. The summed E-state index contributed by atoms with van der Waals surface area (Å²) in [5.74, 6) is 0.909. The molecule has 1 aromatic heterocycles. The lowest BCUT2D eigenvalue weighted by atomic mass is 9.67. The predicted molar refractivity (Wildman–Crippen MR) is 110 cm³/mol. The van der Waals surface area contributed by atoms with Crippen molar-refractivity contribution in [2.75, 3.05) is 33.4 Å². The normalized spacial score (nSPS) is 16.0. The number of hydrogen-bond acceptors (Lipinski definition) is 3. The van der Waals surface area contributed by atoms with E-state index in [4.69, 9.17) is 9.73 Å². The third-order valence-electron chi connectivity index (χ3n) is 4.57. The van der Waals surface area contributed by atoms with E-state index in [9.17, 15) is 0 Å². The zero-order valence-electron chi connectivity index (χ0n) is 14.9.